The Balaban J connectivity index is 1.86. The second kappa shape index (κ2) is 6.04. The molecule has 0 fully saturated rings. The number of hydrogen-bond donors (Lipinski definition) is 0. The molecular weight excluding hydrogens is 264 g/mol. The van der Waals surface area contributed by atoms with Gasteiger partial charge in [-0.1, -0.05) is 25.1 Å². The predicted molar refractivity (Wildman–Crippen MR) is 83.1 cm³/mol. The Hall–Kier alpha value is -2.23. The maximum absolute atomic E-state index is 5.73. The molecule has 1 aromatic carbocycles. The summed E-state index contributed by atoms with van der Waals surface area (Å²) >= 11 is 0. The van der Waals surface area contributed by atoms with Crippen molar-refractivity contribution in [3.8, 4) is 5.75 Å². The second-order valence-electron chi connectivity index (χ2n) is 5.14. The van der Waals surface area contributed by atoms with E-state index in [1.165, 1.54) is 0 Å². The maximum atomic E-state index is 5.73. The van der Waals surface area contributed by atoms with Gasteiger partial charge in [0.2, 0.25) is 5.90 Å². The van der Waals surface area contributed by atoms with Gasteiger partial charge in [0, 0.05) is 11.8 Å². The van der Waals surface area contributed by atoms with Gasteiger partial charge in [0.15, 0.2) is 0 Å². The number of aliphatic imine (C=N–C) groups is 1. The molecule has 4 nitrogen and oxygen atoms in total. The molecular formula is C17H20N2O2. The molecule has 110 valence electrons. The van der Waals surface area contributed by atoms with Crippen molar-refractivity contribution in [2.45, 2.75) is 25.9 Å². The van der Waals surface area contributed by atoms with Crippen LogP contribution >= 0.6 is 0 Å². The Morgan fingerprint density at radius 2 is 2.14 bits per heavy atom. The minimum Gasteiger partial charge on any atom is -0.496 e. The van der Waals surface area contributed by atoms with Crippen molar-refractivity contribution >= 4 is 5.90 Å². The number of para-hydroxylation sites is 1. The monoisotopic (exact) mass is 284 g/mol. The van der Waals surface area contributed by atoms with Crippen molar-refractivity contribution in [1.82, 2.24) is 4.57 Å². The van der Waals surface area contributed by atoms with Crippen molar-refractivity contribution in [3.05, 3.63) is 53.9 Å². The minimum atomic E-state index is 0.287. The maximum Gasteiger partial charge on any atom is 0.233 e. The Morgan fingerprint density at radius 1 is 1.29 bits per heavy atom. The first-order valence-corrected chi connectivity index (χ1v) is 7.29. The van der Waals surface area contributed by atoms with Crippen molar-refractivity contribution in [1.29, 1.82) is 0 Å². The smallest absolute Gasteiger partial charge is 0.233 e. The number of methoxy groups -OCH3 is 1. The zero-order valence-electron chi connectivity index (χ0n) is 12.5. The fraction of sp³-hybridized carbons (Fsp3) is 0.353. The molecule has 0 amide bonds. The Bertz CT molecular complexity index is 646. The molecule has 4 heteroatoms. The van der Waals surface area contributed by atoms with E-state index in [4.69, 9.17) is 9.47 Å². The molecule has 1 atom stereocenters. The number of rotatable bonds is 5. The third-order valence-corrected chi connectivity index (χ3v) is 3.77. The van der Waals surface area contributed by atoms with Crippen LogP contribution in [0, 0.1) is 0 Å². The van der Waals surface area contributed by atoms with Crippen LogP contribution in [0.25, 0.3) is 0 Å². The summed E-state index contributed by atoms with van der Waals surface area (Å²) in [6.07, 6.45) is 3.06. The van der Waals surface area contributed by atoms with E-state index in [2.05, 4.69) is 22.5 Å². The molecule has 1 unspecified atom stereocenters. The van der Waals surface area contributed by atoms with Crippen LogP contribution in [-0.4, -0.2) is 30.2 Å². The van der Waals surface area contributed by atoms with Crippen LogP contribution in [0.5, 0.6) is 5.75 Å². The highest BCUT2D eigenvalue weighted by molar-refractivity contribution is 5.93. The van der Waals surface area contributed by atoms with Crippen LogP contribution < -0.4 is 4.74 Å². The molecule has 2 heterocycles. The number of benzene rings is 1. The van der Waals surface area contributed by atoms with E-state index in [1.54, 1.807) is 7.11 Å². The molecule has 0 spiro atoms. The molecule has 2 aromatic rings. The Labute approximate surface area is 125 Å². The highest BCUT2D eigenvalue weighted by atomic mass is 16.5. The number of nitrogens with zero attached hydrogens (tertiary/aromatic N) is 2. The summed E-state index contributed by atoms with van der Waals surface area (Å²) in [6.45, 7) is 3.56. The lowest BCUT2D eigenvalue weighted by atomic mass is 10.2. The zero-order valence-corrected chi connectivity index (χ0v) is 12.5. The average Bonchev–Trinajstić information content (AvgIpc) is 3.16. The molecule has 3 rings (SSSR count). The van der Waals surface area contributed by atoms with Gasteiger partial charge in [-0.25, -0.2) is 4.99 Å². The lowest BCUT2D eigenvalue weighted by molar-refractivity contribution is 0.313. The fourth-order valence-electron chi connectivity index (χ4n) is 2.53. The van der Waals surface area contributed by atoms with E-state index >= 15 is 0 Å². The van der Waals surface area contributed by atoms with Crippen LogP contribution in [0.4, 0.5) is 0 Å². The van der Waals surface area contributed by atoms with E-state index in [9.17, 15) is 0 Å². The molecule has 0 saturated carbocycles. The molecule has 1 aliphatic heterocycles. The summed E-state index contributed by atoms with van der Waals surface area (Å²) in [5, 5.41) is 0. The van der Waals surface area contributed by atoms with Crippen LogP contribution in [0.2, 0.25) is 0 Å². The standard InChI is InChI=1S/C17H20N2O2/c1-3-14-12-21-17(18-14)15-8-6-10-19(15)11-13-7-4-5-9-16(13)20-2/h4-10,14H,3,11-12H2,1-2H3. The van der Waals surface area contributed by atoms with E-state index in [-0.39, 0.29) is 6.04 Å². The Morgan fingerprint density at radius 3 is 2.90 bits per heavy atom. The quantitative estimate of drug-likeness (QED) is 0.845. The lowest BCUT2D eigenvalue weighted by Gasteiger charge is -2.12. The SMILES string of the molecule is CCC1COC(c2cccn2Cc2ccccc2OC)=N1. The van der Waals surface area contributed by atoms with Crippen molar-refractivity contribution in [2.24, 2.45) is 4.99 Å². The highest BCUT2D eigenvalue weighted by Gasteiger charge is 2.21. The van der Waals surface area contributed by atoms with Crippen molar-refractivity contribution < 1.29 is 9.47 Å². The zero-order chi connectivity index (χ0) is 14.7. The first-order chi connectivity index (χ1) is 10.3. The van der Waals surface area contributed by atoms with Crippen molar-refractivity contribution in [3.63, 3.8) is 0 Å². The van der Waals surface area contributed by atoms with E-state index < -0.39 is 0 Å². The second-order valence-corrected chi connectivity index (χ2v) is 5.14. The van der Waals surface area contributed by atoms with E-state index in [0.717, 1.165) is 35.9 Å². The third kappa shape index (κ3) is 2.79. The van der Waals surface area contributed by atoms with E-state index in [0.29, 0.717) is 6.61 Å². The molecule has 1 aromatic heterocycles. The summed E-state index contributed by atoms with van der Waals surface area (Å²) in [5.74, 6) is 1.65. The number of hydrogen-bond acceptors (Lipinski definition) is 3. The first-order valence-electron chi connectivity index (χ1n) is 7.29. The molecule has 0 saturated heterocycles. The molecule has 0 radical (unpaired) electrons. The van der Waals surface area contributed by atoms with Gasteiger partial charge in [-0.3, -0.25) is 0 Å². The average molecular weight is 284 g/mol. The summed E-state index contributed by atoms with van der Waals surface area (Å²) < 4.78 is 13.3. The first kappa shape index (κ1) is 13.7. The van der Waals surface area contributed by atoms with Crippen LogP contribution in [0.1, 0.15) is 24.6 Å². The molecule has 21 heavy (non-hydrogen) atoms. The van der Waals surface area contributed by atoms with Crippen LogP contribution in [0.3, 0.4) is 0 Å². The molecule has 0 aliphatic carbocycles. The summed E-state index contributed by atoms with van der Waals surface area (Å²) in [7, 11) is 1.70. The predicted octanol–water partition coefficient (Wildman–Crippen LogP) is 3.10. The van der Waals surface area contributed by atoms with Gasteiger partial charge in [0.05, 0.1) is 19.7 Å². The van der Waals surface area contributed by atoms with Gasteiger partial charge in [0.1, 0.15) is 18.1 Å². The molecule has 0 N–H and O–H groups in total. The summed E-state index contributed by atoms with van der Waals surface area (Å²) in [5.41, 5.74) is 2.17. The van der Waals surface area contributed by atoms with Gasteiger partial charge >= 0.3 is 0 Å². The fourth-order valence-corrected chi connectivity index (χ4v) is 2.53. The highest BCUT2D eigenvalue weighted by Crippen LogP contribution is 2.21. The topological polar surface area (TPSA) is 35.8 Å². The van der Waals surface area contributed by atoms with E-state index in [1.807, 2.05) is 36.5 Å². The van der Waals surface area contributed by atoms with Gasteiger partial charge in [-0.2, -0.15) is 0 Å². The summed E-state index contributed by atoms with van der Waals surface area (Å²) in [4.78, 5) is 4.64. The van der Waals surface area contributed by atoms with Gasteiger partial charge < -0.3 is 14.0 Å². The van der Waals surface area contributed by atoms with Crippen molar-refractivity contribution in [2.75, 3.05) is 13.7 Å². The van der Waals surface area contributed by atoms with Gasteiger partial charge in [-0.05, 0) is 24.6 Å². The minimum absolute atomic E-state index is 0.287. The third-order valence-electron chi connectivity index (χ3n) is 3.77. The largest absolute Gasteiger partial charge is 0.496 e. The molecule has 0 bridgehead atoms. The Kier molecular flexibility index (Phi) is 3.95. The van der Waals surface area contributed by atoms with Gasteiger partial charge in [0.25, 0.3) is 0 Å². The lowest BCUT2D eigenvalue weighted by Crippen LogP contribution is -2.11. The van der Waals surface area contributed by atoms with Gasteiger partial charge in [-0.15, -0.1) is 0 Å². The summed E-state index contributed by atoms with van der Waals surface area (Å²) in [6, 6.07) is 12.4. The van der Waals surface area contributed by atoms with Crippen LogP contribution in [-0.2, 0) is 11.3 Å². The normalized spacial score (nSPS) is 17.4. The number of ether oxygens (including phenoxy) is 2. The number of aromatic nitrogens is 1. The molecule has 1 aliphatic rings. The van der Waals surface area contributed by atoms with Crippen LogP contribution in [0.15, 0.2) is 47.6 Å².